The Hall–Kier alpha value is -1.93. The number of likely N-dealkylation sites (tertiary alicyclic amines) is 1. The lowest BCUT2D eigenvalue weighted by Crippen LogP contribution is -2.53. The third kappa shape index (κ3) is 2.61. The Morgan fingerprint density at radius 3 is 2.75 bits per heavy atom. The van der Waals surface area contributed by atoms with E-state index in [1.165, 1.54) is 23.1 Å². The van der Waals surface area contributed by atoms with Crippen LogP contribution in [0.5, 0.6) is 0 Å². The van der Waals surface area contributed by atoms with Gasteiger partial charge in [-0.25, -0.2) is 4.39 Å². The SMILES string of the molecule is CCCCN1C(=O)C2C(CCSC)NC3(C(=O)Nc4ccc(F)cc43)C2C1=O. The van der Waals surface area contributed by atoms with Gasteiger partial charge in [-0.05, 0) is 43.0 Å². The van der Waals surface area contributed by atoms with Crippen LogP contribution >= 0.6 is 11.8 Å². The number of unbranched alkanes of at least 4 members (excludes halogenated alkanes) is 1. The number of nitrogens with one attached hydrogen (secondary N) is 2. The van der Waals surface area contributed by atoms with E-state index >= 15 is 0 Å². The second kappa shape index (κ2) is 7.15. The first-order valence-corrected chi connectivity index (χ1v) is 11.1. The normalized spacial score (nSPS) is 30.9. The van der Waals surface area contributed by atoms with Crippen molar-refractivity contribution in [3.05, 3.63) is 29.6 Å². The number of anilines is 1. The number of rotatable bonds is 6. The fourth-order valence-electron chi connectivity index (χ4n) is 4.86. The molecule has 2 N–H and O–H groups in total. The van der Waals surface area contributed by atoms with Crippen LogP contribution in [-0.2, 0) is 19.9 Å². The van der Waals surface area contributed by atoms with Crippen molar-refractivity contribution in [3.63, 3.8) is 0 Å². The smallest absolute Gasteiger partial charge is 0.250 e. The van der Waals surface area contributed by atoms with E-state index in [1.54, 1.807) is 11.8 Å². The molecule has 3 aliphatic rings. The molecule has 3 amide bonds. The summed E-state index contributed by atoms with van der Waals surface area (Å²) in [6.07, 6.45) is 4.22. The minimum atomic E-state index is -1.39. The number of amides is 3. The zero-order chi connectivity index (χ0) is 20.1. The van der Waals surface area contributed by atoms with Crippen molar-refractivity contribution in [2.45, 2.75) is 37.8 Å². The monoisotopic (exact) mass is 405 g/mol. The van der Waals surface area contributed by atoms with E-state index < -0.39 is 23.2 Å². The predicted octanol–water partition coefficient (Wildman–Crippen LogP) is 2.10. The largest absolute Gasteiger partial charge is 0.324 e. The summed E-state index contributed by atoms with van der Waals surface area (Å²) >= 11 is 1.65. The Kier molecular flexibility index (Phi) is 4.95. The van der Waals surface area contributed by atoms with Crippen molar-refractivity contribution in [1.29, 1.82) is 0 Å². The van der Waals surface area contributed by atoms with Crippen LogP contribution in [0.3, 0.4) is 0 Å². The van der Waals surface area contributed by atoms with Gasteiger partial charge in [0.25, 0.3) is 0 Å². The number of carbonyl (C=O) groups excluding carboxylic acids is 3. The summed E-state index contributed by atoms with van der Waals surface area (Å²) in [6, 6.07) is 3.80. The Balaban J connectivity index is 1.81. The Morgan fingerprint density at radius 1 is 1.25 bits per heavy atom. The third-order valence-corrected chi connectivity index (χ3v) is 6.78. The van der Waals surface area contributed by atoms with Gasteiger partial charge >= 0.3 is 0 Å². The first-order chi connectivity index (χ1) is 13.5. The maximum atomic E-state index is 14.1. The van der Waals surface area contributed by atoms with E-state index in [-0.39, 0.29) is 23.8 Å². The number of carbonyl (C=O) groups is 3. The number of hydrogen-bond donors (Lipinski definition) is 2. The molecular formula is C20H24FN3O3S. The lowest BCUT2D eigenvalue weighted by Gasteiger charge is -2.29. The Labute approximate surface area is 167 Å². The molecule has 150 valence electrons. The van der Waals surface area contributed by atoms with Crippen LogP contribution < -0.4 is 10.6 Å². The lowest BCUT2D eigenvalue weighted by atomic mass is 9.76. The minimum absolute atomic E-state index is 0.211. The average molecular weight is 405 g/mol. The molecule has 0 saturated carbocycles. The second-order valence-corrected chi connectivity index (χ2v) is 8.66. The highest BCUT2D eigenvalue weighted by molar-refractivity contribution is 7.98. The summed E-state index contributed by atoms with van der Waals surface area (Å²) in [4.78, 5) is 40.9. The Morgan fingerprint density at radius 2 is 2.04 bits per heavy atom. The molecule has 4 rings (SSSR count). The molecule has 4 unspecified atom stereocenters. The number of thioether (sulfide) groups is 1. The fourth-order valence-corrected chi connectivity index (χ4v) is 5.35. The van der Waals surface area contributed by atoms with Crippen LogP contribution in [0, 0.1) is 17.7 Å². The van der Waals surface area contributed by atoms with E-state index in [0.29, 0.717) is 24.2 Å². The molecule has 0 aliphatic carbocycles. The minimum Gasteiger partial charge on any atom is -0.324 e. The second-order valence-electron chi connectivity index (χ2n) is 7.67. The quantitative estimate of drug-likeness (QED) is 0.709. The zero-order valence-electron chi connectivity index (χ0n) is 16.0. The van der Waals surface area contributed by atoms with Gasteiger partial charge in [0.15, 0.2) is 0 Å². The summed E-state index contributed by atoms with van der Waals surface area (Å²) in [7, 11) is 0. The summed E-state index contributed by atoms with van der Waals surface area (Å²) in [5.74, 6) is -2.03. The fraction of sp³-hybridized carbons (Fsp3) is 0.550. The lowest BCUT2D eigenvalue weighted by molar-refractivity contribution is -0.142. The van der Waals surface area contributed by atoms with Crippen LogP contribution in [-0.4, -0.2) is 47.2 Å². The molecule has 3 heterocycles. The zero-order valence-corrected chi connectivity index (χ0v) is 16.8. The van der Waals surface area contributed by atoms with Gasteiger partial charge in [0.1, 0.15) is 11.4 Å². The molecule has 0 radical (unpaired) electrons. The molecule has 2 saturated heterocycles. The molecule has 1 aromatic carbocycles. The van der Waals surface area contributed by atoms with E-state index in [9.17, 15) is 18.8 Å². The molecule has 28 heavy (non-hydrogen) atoms. The van der Waals surface area contributed by atoms with Crippen molar-refractivity contribution < 1.29 is 18.8 Å². The van der Waals surface area contributed by atoms with Gasteiger partial charge in [0.05, 0.1) is 11.8 Å². The number of hydrogen-bond acceptors (Lipinski definition) is 5. The standard InChI is InChI=1S/C20H24FN3O3S/c1-3-4-8-24-17(25)15-14(7-9-28-2)23-20(16(15)18(24)26)12-10-11(21)5-6-13(12)22-19(20)27/h5-6,10,14-16,23H,3-4,7-9H2,1-2H3,(H,22,27). The molecule has 1 spiro atoms. The van der Waals surface area contributed by atoms with Crippen molar-refractivity contribution >= 4 is 35.2 Å². The van der Waals surface area contributed by atoms with Gasteiger partial charge in [0, 0.05) is 23.8 Å². The molecule has 0 aromatic heterocycles. The molecule has 6 nitrogen and oxygen atoms in total. The summed E-state index contributed by atoms with van der Waals surface area (Å²) < 4.78 is 14.1. The van der Waals surface area contributed by atoms with E-state index in [4.69, 9.17) is 0 Å². The van der Waals surface area contributed by atoms with Crippen LogP contribution in [0.15, 0.2) is 18.2 Å². The van der Waals surface area contributed by atoms with Crippen molar-refractivity contribution in [2.24, 2.45) is 11.8 Å². The van der Waals surface area contributed by atoms with E-state index in [1.807, 2.05) is 13.2 Å². The molecular weight excluding hydrogens is 381 g/mol. The Bertz CT molecular complexity index is 848. The van der Waals surface area contributed by atoms with Gasteiger partial charge in [-0.2, -0.15) is 11.8 Å². The van der Waals surface area contributed by atoms with Crippen molar-refractivity contribution in [1.82, 2.24) is 10.2 Å². The van der Waals surface area contributed by atoms with Gasteiger partial charge in [-0.15, -0.1) is 0 Å². The van der Waals surface area contributed by atoms with Crippen molar-refractivity contribution in [2.75, 3.05) is 23.9 Å². The molecule has 0 bridgehead atoms. The van der Waals surface area contributed by atoms with Crippen molar-refractivity contribution in [3.8, 4) is 0 Å². The molecule has 2 fully saturated rings. The van der Waals surface area contributed by atoms with Crippen LogP contribution in [0.2, 0.25) is 0 Å². The average Bonchev–Trinajstić information content (AvgIpc) is 3.24. The van der Waals surface area contributed by atoms with Gasteiger partial charge in [0.2, 0.25) is 17.7 Å². The number of fused-ring (bicyclic) bond motifs is 4. The number of nitrogens with zero attached hydrogens (tertiary/aromatic N) is 1. The molecule has 8 heteroatoms. The van der Waals surface area contributed by atoms with E-state index in [2.05, 4.69) is 10.6 Å². The molecule has 3 aliphatic heterocycles. The highest BCUT2D eigenvalue weighted by Gasteiger charge is 2.70. The first kappa shape index (κ1) is 19.4. The maximum absolute atomic E-state index is 14.1. The van der Waals surface area contributed by atoms with Gasteiger partial charge in [-0.1, -0.05) is 13.3 Å². The summed E-state index contributed by atoms with van der Waals surface area (Å²) in [5, 5.41) is 6.10. The summed E-state index contributed by atoms with van der Waals surface area (Å²) in [5.41, 5.74) is -0.466. The third-order valence-electron chi connectivity index (χ3n) is 6.14. The number of benzene rings is 1. The number of halogens is 1. The number of imide groups is 1. The summed E-state index contributed by atoms with van der Waals surface area (Å²) in [6.45, 7) is 2.36. The molecule has 4 atom stereocenters. The maximum Gasteiger partial charge on any atom is 0.250 e. The highest BCUT2D eigenvalue weighted by Crippen LogP contribution is 2.53. The highest BCUT2D eigenvalue weighted by atomic mass is 32.2. The van der Waals surface area contributed by atoms with Crippen LogP contribution in [0.25, 0.3) is 0 Å². The van der Waals surface area contributed by atoms with Crippen LogP contribution in [0.1, 0.15) is 31.7 Å². The van der Waals surface area contributed by atoms with Gasteiger partial charge in [-0.3, -0.25) is 24.6 Å². The predicted molar refractivity (Wildman–Crippen MR) is 105 cm³/mol. The van der Waals surface area contributed by atoms with E-state index in [0.717, 1.165) is 18.6 Å². The van der Waals surface area contributed by atoms with Gasteiger partial charge < -0.3 is 5.32 Å². The molecule has 1 aromatic rings. The topological polar surface area (TPSA) is 78.5 Å². The van der Waals surface area contributed by atoms with Crippen LogP contribution in [0.4, 0.5) is 10.1 Å². The first-order valence-electron chi connectivity index (χ1n) is 9.69.